The molecule has 35 heavy (non-hydrogen) atoms. The van der Waals surface area contributed by atoms with Gasteiger partial charge in [-0.3, -0.25) is 15.0 Å². The Bertz CT molecular complexity index is 1200. The van der Waals surface area contributed by atoms with Crippen LogP contribution in [0.2, 0.25) is 0 Å². The molecule has 0 atom stereocenters. The number of rotatable bonds is 10. The third-order valence-corrected chi connectivity index (χ3v) is 5.37. The van der Waals surface area contributed by atoms with Gasteiger partial charge in [0.1, 0.15) is 17.3 Å². The fourth-order valence-corrected chi connectivity index (χ4v) is 3.46. The van der Waals surface area contributed by atoms with Crippen LogP contribution in [0.5, 0.6) is 11.5 Å². The molecule has 0 bridgehead atoms. The first-order valence-electron chi connectivity index (χ1n) is 10.9. The van der Waals surface area contributed by atoms with Crippen LogP contribution in [0.1, 0.15) is 27.0 Å². The Morgan fingerprint density at radius 3 is 2.20 bits per heavy atom. The number of nitrogen functional groups attached to an aromatic ring is 1. The topological polar surface area (TPSA) is 139 Å². The number of ether oxygens (including phenoxy) is 2. The maximum Gasteiger partial charge on any atom is 0.251 e. The fourth-order valence-electron chi connectivity index (χ4n) is 3.46. The number of amides is 2. The molecule has 0 unspecified atom stereocenters. The van der Waals surface area contributed by atoms with Crippen molar-refractivity contribution in [2.24, 2.45) is 5.73 Å². The molecule has 0 saturated carbocycles. The van der Waals surface area contributed by atoms with Gasteiger partial charge in [0.05, 0.1) is 20.8 Å². The van der Waals surface area contributed by atoms with E-state index in [1.165, 1.54) is 14.2 Å². The fraction of sp³-hybridized carbons (Fsp3) is 0.192. The molecule has 0 saturated heterocycles. The first kappa shape index (κ1) is 25.1. The molecule has 0 aliphatic carbocycles. The summed E-state index contributed by atoms with van der Waals surface area (Å²) in [7, 11) is 3.07. The number of methoxy groups -OCH3 is 2. The van der Waals surface area contributed by atoms with E-state index in [-0.39, 0.29) is 30.7 Å². The van der Waals surface area contributed by atoms with E-state index in [0.717, 1.165) is 11.1 Å². The summed E-state index contributed by atoms with van der Waals surface area (Å²) in [6.07, 6.45) is 0. The number of carbonyl (C=O) groups is 2. The summed E-state index contributed by atoms with van der Waals surface area (Å²) >= 11 is 0. The molecule has 6 N–H and O–H groups in total. The minimum atomic E-state index is -0.315. The summed E-state index contributed by atoms with van der Waals surface area (Å²) < 4.78 is 10.7. The predicted molar refractivity (Wildman–Crippen MR) is 136 cm³/mol. The molecule has 3 rings (SSSR count). The van der Waals surface area contributed by atoms with Gasteiger partial charge in [0.25, 0.3) is 5.91 Å². The minimum Gasteiger partial charge on any atom is -0.496 e. The van der Waals surface area contributed by atoms with Crippen molar-refractivity contribution in [2.75, 3.05) is 31.4 Å². The van der Waals surface area contributed by atoms with Crippen LogP contribution in [-0.2, 0) is 11.3 Å². The SMILES string of the molecule is COc1cc(C(=O)NCc2ccc(C(=N)N)cc2NCC(=O)Nc2ccccc2)cc(OC)c1C. The van der Waals surface area contributed by atoms with Crippen molar-refractivity contribution in [3.05, 3.63) is 82.9 Å². The zero-order valence-electron chi connectivity index (χ0n) is 19.9. The summed E-state index contributed by atoms with van der Waals surface area (Å²) in [4.78, 5) is 25.2. The third kappa shape index (κ3) is 6.50. The highest BCUT2D eigenvalue weighted by molar-refractivity contribution is 5.97. The van der Waals surface area contributed by atoms with Crippen molar-refractivity contribution in [3.63, 3.8) is 0 Å². The zero-order valence-corrected chi connectivity index (χ0v) is 19.9. The molecular formula is C26H29N5O4. The van der Waals surface area contributed by atoms with Gasteiger partial charge in [-0.15, -0.1) is 0 Å². The second-order valence-corrected chi connectivity index (χ2v) is 7.74. The first-order chi connectivity index (χ1) is 16.8. The van der Waals surface area contributed by atoms with Crippen LogP contribution >= 0.6 is 0 Å². The summed E-state index contributed by atoms with van der Waals surface area (Å²) in [6.45, 7) is 2.02. The van der Waals surface area contributed by atoms with Crippen molar-refractivity contribution in [3.8, 4) is 11.5 Å². The van der Waals surface area contributed by atoms with E-state index in [9.17, 15) is 9.59 Å². The summed E-state index contributed by atoms with van der Waals surface area (Å²) in [6, 6.07) is 17.6. The minimum absolute atomic E-state index is 0.0104. The average Bonchev–Trinajstić information content (AvgIpc) is 2.86. The molecule has 0 heterocycles. The molecule has 3 aromatic carbocycles. The van der Waals surface area contributed by atoms with E-state index in [1.807, 2.05) is 25.1 Å². The highest BCUT2D eigenvalue weighted by atomic mass is 16.5. The molecule has 9 nitrogen and oxygen atoms in total. The van der Waals surface area contributed by atoms with Gasteiger partial charge in [-0.05, 0) is 42.8 Å². The summed E-state index contributed by atoms with van der Waals surface area (Å²) in [5, 5.41) is 16.5. The Balaban J connectivity index is 1.73. The lowest BCUT2D eigenvalue weighted by Crippen LogP contribution is -2.25. The average molecular weight is 476 g/mol. The van der Waals surface area contributed by atoms with Gasteiger partial charge in [-0.25, -0.2) is 0 Å². The molecule has 0 fully saturated rings. The van der Waals surface area contributed by atoms with Gasteiger partial charge < -0.3 is 31.2 Å². The molecule has 0 radical (unpaired) electrons. The first-order valence-corrected chi connectivity index (χ1v) is 10.9. The third-order valence-electron chi connectivity index (χ3n) is 5.37. The van der Waals surface area contributed by atoms with E-state index in [4.69, 9.17) is 20.6 Å². The maximum atomic E-state index is 12.9. The van der Waals surface area contributed by atoms with Crippen molar-refractivity contribution < 1.29 is 19.1 Å². The van der Waals surface area contributed by atoms with E-state index < -0.39 is 0 Å². The van der Waals surface area contributed by atoms with Crippen molar-refractivity contribution in [1.29, 1.82) is 5.41 Å². The number of para-hydroxylation sites is 1. The van der Waals surface area contributed by atoms with Gasteiger partial charge in [-0.1, -0.05) is 30.3 Å². The number of carbonyl (C=O) groups excluding carboxylic acids is 2. The van der Waals surface area contributed by atoms with Crippen LogP contribution in [0.4, 0.5) is 11.4 Å². The number of anilines is 2. The summed E-state index contributed by atoms with van der Waals surface area (Å²) in [5.41, 5.74) is 9.32. The van der Waals surface area contributed by atoms with Crippen LogP contribution in [0.25, 0.3) is 0 Å². The molecule has 9 heteroatoms. The number of hydrogen-bond donors (Lipinski definition) is 5. The van der Waals surface area contributed by atoms with Gasteiger partial charge in [0, 0.05) is 34.6 Å². The lowest BCUT2D eigenvalue weighted by molar-refractivity contribution is -0.114. The maximum absolute atomic E-state index is 12.9. The smallest absolute Gasteiger partial charge is 0.251 e. The van der Waals surface area contributed by atoms with Gasteiger partial charge >= 0.3 is 0 Å². The van der Waals surface area contributed by atoms with Crippen LogP contribution in [0, 0.1) is 12.3 Å². The van der Waals surface area contributed by atoms with Crippen molar-refractivity contribution in [2.45, 2.75) is 13.5 Å². The number of nitrogens with two attached hydrogens (primary N) is 1. The van der Waals surface area contributed by atoms with Gasteiger partial charge in [0.2, 0.25) is 5.91 Å². The lowest BCUT2D eigenvalue weighted by atomic mass is 10.1. The number of nitrogens with one attached hydrogen (secondary N) is 4. The zero-order chi connectivity index (χ0) is 25.4. The Hall–Kier alpha value is -4.53. The largest absolute Gasteiger partial charge is 0.496 e. The van der Waals surface area contributed by atoms with Crippen LogP contribution in [0.15, 0.2) is 60.7 Å². The Kier molecular flexibility index (Phi) is 8.29. The monoisotopic (exact) mass is 475 g/mol. The van der Waals surface area contributed by atoms with Crippen LogP contribution in [0.3, 0.4) is 0 Å². The second-order valence-electron chi connectivity index (χ2n) is 7.74. The molecule has 0 aliphatic rings. The number of amidine groups is 1. The van der Waals surface area contributed by atoms with Crippen molar-refractivity contribution >= 4 is 29.0 Å². The highest BCUT2D eigenvalue weighted by Crippen LogP contribution is 2.29. The Morgan fingerprint density at radius 1 is 0.943 bits per heavy atom. The van der Waals surface area contributed by atoms with E-state index in [0.29, 0.717) is 34.0 Å². The standard InChI is InChI=1S/C26H29N5O4/c1-16-22(34-2)12-19(13-23(16)35-3)26(33)30-14-18-10-9-17(25(27)28)11-21(18)29-15-24(32)31-20-7-5-4-6-8-20/h4-13,29H,14-15H2,1-3H3,(H3,27,28)(H,30,33)(H,31,32). The number of hydrogen-bond acceptors (Lipinski definition) is 6. The molecule has 2 amide bonds. The van der Waals surface area contributed by atoms with Crippen molar-refractivity contribution in [1.82, 2.24) is 5.32 Å². The molecule has 3 aromatic rings. The summed E-state index contributed by atoms with van der Waals surface area (Å²) in [5.74, 6) is 0.443. The quantitative estimate of drug-likeness (QED) is 0.225. The Morgan fingerprint density at radius 2 is 1.60 bits per heavy atom. The normalized spacial score (nSPS) is 10.3. The highest BCUT2D eigenvalue weighted by Gasteiger charge is 2.15. The molecule has 0 aromatic heterocycles. The lowest BCUT2D eigenvalue weighted by Gasteiger charge is -2.16. The van der Waals surface area contributed by atoms with Crippen LogP contribution < -0.4 is 31.2 Å². The van der Waals surface area contributed by atoms with Gasteiger partial charge in [-0.2, -0.15) is 0 Å². The molecule has 182 valence electrons. The van der Waals surface area contributed by atoms with Gasteiger partial charge in [0.15, 0.2) is 0 Å². The molecular weight excluding hydrogens is 446 g/mol. The van der Waals surface area contributed by atoms with E-state index in [2.05, 4.69) is 16.0 Å². The van der Waals surface area contributed by atoms with Crippen LogP contribution in [-0.4, -0.2) is 38.4 Å². The second kappa shape index (κ2) is 11.6. The molecule has 0 spiro atoms. The van der Waals surface area contributed by atoms with E-state index >= 15 is 0 Å². The number of benzene rings is 3. The molecule has 0 aliphatic heterocycles. The van der Waals surface area contributed by atoms with E-state index in [1.54, 1.807) is 42.5 Å². The predicted octanol–water partition coefficient (Wildman–Crippen LogP) is 3.28. The Labute approximate surface area is 204 Å².